The Morgan fingerprint density at radius 2 is 2.04 bits per heavy atom. The third-order valence-electron chi connectivity index (χ3n) is 3.56. The van der Waals surface area contributed by atoms with Gasteiger partial charge in [0.05, 0.1) is 16.2 Å². The first-order valence-corrected chi connectivity index (χ1v) is 9.06. The maximum absolute atomic E-state index is 12.8. The van der Waals surface area contributed by atoms with E-state index in [0.717, 1.165) is 26.9 Å². The molecule has 2 heterocycles. The lowest BCUT2D eigenvalue weighted by atomic mass is 10.1. The van der Waals surface area contributed by atoms with E-state index in [9.17, 15) is 14.4 Å². The number of thiocarbonyl (C=S) groups is 1. The first kappa shape index (κ1) is 17.1. The monoisotopic (exact) mass is 425 g/mol. The SMILES string of the molecule is CCN1C(=O)/C(=C2\SC(=S)N(NC(C)=O)C2=O)c2cc(Br)ccc21. The number of likely N-dealkylation sites (N-methyl/N-ethyl adjacent to an activating group) is 1. The highest BCUT2D eigenvalue weighted by molar-refractivity contribution is 9.10. The molecule has 0 aromatic heterocycles. The first-order chi connectivity index (χ1) is 11.3. The number of carbonyl (C=O) groups excluding carboxylic acids is 3. The quantitative estimate of drug-likeness (QED) is 0.581. The Morgan fingerprint density at radius 1 is 1.33 bits per heavy atom. The Balaban J connectivity index is 2.15. The van der Waals surface area contributed by atoms with Gasteiger partial charge in [-0.15, -0.1) is 0 Å². The lowest BCUT2D eigenvalue weighted by molar-refractivity contribution is -0.132. The summed E-state index contributed by atoms with van der Waals surface area (Å²) in [6.07, 6.45) is 0. The molecule has 3 amide bonds. The van der Waals surface area contributed by atoms with E-state index in [4.69, 9.17) is 12.2 Å². The smallest absolute Gasteiger partial charge is 0.286 e. The van der Waals surface area contributed by atoms with Crippen molar-refractivity contribution in [1.82, 2.24) is 10.4 Å². The first-order valence-electron chi connectivity index (χ1n) is 7.04. The number of anilines is 1. The molecule has 1 fully saturated rings. The molecule has 0 atom stereocenters. The van der Waals surface area contributed by atoms with Gasteiger partial charge in [-0.25, -0.2) is 0 Å². The highest BCUT2D eigenvalue weighted by Gasteiger charge is 2.42. The molecule has 6 nitrogen and oxygen atoms in total. The molecule has 0 unspecified atom stereocenters. The van der Waals surface area contributed by atoms with Crippen molar-refractivity contribution in [2.45, 2.75) is 13.8 Å². The Hall–Kier alpha value is -1.71. The normalized spacial score (nSPS) is 20.0. The molecule has 0 bridgehead atoms. The molecule has 1 aromatic rings. The van der Waals surface area contributed by atoms with Crippen molar-refractivity contribution in [3.63, 3.8) is 0 Å². The third-order valence-corrected chi connectivity index (χ3v) is 5.43. The number of halogens is 1. The molecular weight excluding hydrogens is 414 g/mol. The molecule has 0 aliphatic carbocycles. The summed E-state index contributed by atoms with van der Waals surface area (Å²) in [4.78, 5) is 38.5. The maximum Gasteiger partial charge on any atom is 0.286 e. The Labute approximate surface area is 156 Å². The zero-order valence-corrected chi connectivity index (χ0v) is 16.0. The molecule has 0 spiro atoms. The van der Waals surface area contributed by atoms with Crippen LogP contribution in [0.15, 0.2) is 27.6 Å². The molecule has 0 radical (unpaired) electrons. The average Bonchev–Trinajstić information content (AvgIpc) is 2.93. The summed E-state index contributed by atoms with van der Waals surface area (Å²) in [5.41, 5.74) is 4.14. The number of fused-ring (bicyclic) bond motifs is 1. The van der Waals surface area contributed by atoms with Crippen molar-refractivity contribution in [3.05, 3.63) is 33.1 Å². The lowest BCUT2D eigenvalue weighted by Crippen LogP contribution is -2.43. The summed E-state index contributed by atoms with van der Waals surface area (Å²) in [7, 11) is 0. The summed E-state index contributed by atoms with van der Waals surface area (Å²) in [5.74, 6) is -1.14. The molecular formula is C15H12BrN3O3S2. The van der Waals surface area contributed by atoms with Gasteiger partial charge in [0.15, 0.2) is 4.32 Å². The molecule has 1 aromatic carbocycles. The van der Waals surface area contributed by atoms with Gasteiger partial charge in [0.1, 0.15) is 0 Å². The van der Waals surface area contributed by atoms with Crippen molar-refractivity contribution < 1.29 is 14.4 Å². The topological polar surface area (TPSA) is 69.7 Å². The number of hydrogen-bond donors (Lipinski definition) is 1. The second-order valence-corrected chi connectivity index (χ2v) is 7.65. The van der Waals surface area contributed by atoms with Crippen LogP contribution in [0.3, 0.4) is 0 Å². The van der Waals surface area contributed by atoms with E-state index >= 15 is 0 Å². The fraction of sp³-hybridized carbons (Fsp3) is 0.200. The molecule has 9 heteroatoms. The van der Waals surface area contributed by atoms with Crippen molar-refractivity contribution in [2.24, 2.45) is 0 Å². The summed E-state index contributed by atoms with van der Waals surface area (Å²) in [6.45, 7) is 3.65. The Bertz CT molecular complexity index is 837. The van der Waals surface area contributed by atoms with Crippen molar-refractivity contribution in [3.8, 4) is 0 Å². The average molecular weight is 426 g/mol. The molecule has 24 heavy (non-hydrogen) atoms. The van der Waals surface area contributed by atoms with Crippen LogP contribution < -0.4 is 10.3 Å². The Kier molecular flexibility index (Phi) is 4.50. The second-order valence-electron chi connectivity index (χ2n) is 5.09. The Morgan fingerprint density at radius 3 is 2.67 bits per heavy atom. The third kappa shape index (κ3) is 2.66. The molecule has 1 N–H and O–H groups in total. The van der Waals surface area contributed by atoms with Crippen LogP contribution >= 0.6 is 39.9 Å². The maximum atomic E-state index is 12.8. The lowest BCUT2D eigenvalue weighted by Gasteiger charge is -2.14. The number of amides is 3. The van der Waals surface area contributed by atoms with Gasteiger partial charge < -0.3 is 4.90 Å². The van der Waals surface area contributed by atoms with E-state index in [2.05, 4.69) is 21.4 Å². The van der Waals surface area contributed by atoms with Gasteiger partial charge in [-0.1, -0.05) is 27.7 Å². The van der Waals surface area contributed by atoms with E-state index in [1.807, 2.05) is 25.1 Å². The minimum atomic E-state index is -0.493. The number of nitrogens with zero attached hydrogens (tertiary/aromatic N) is 2. The van der Waals surface area contributed by atoms with Crippen molar-refractivity contribution in [2.75, 3.05) is 11.4 Å². The van der Waals surface area contributed by atoms with Gasteiger partial charge in [-0.2, -0.15) is 5.01 Å². The summed E-state index contributed by atoms with van der Waals surface area (Å²) in [6, 6.07) is 5.49. The summed E-state index contributed by atoms with van der Waals surface area (Å²) in [5, 5.41) is 1.00. The number of thioether (sulfide) groups is 1. The highest BCUT2D eigenvalue weighted by Crippen LogP contribution is 2.44. The zero-order chi connectivity index (χ0) is 17.6. The number of benzene rings is 1. The van der Waals surface area contributed by atoms with Crippen LogP contribution in [0.2, 0.25) is 0 Å². The molecule has 3 rings (SSSR count). The molecule has 124 valence electrons. The van der Waals surface area contributed by atoms with E-state index in [0.29, 0.717) is 17.7 Å². The van der Waals surface area contributed by atoms with Crippen LogP contribution in [0.1, 0.15) is 19.4 Å². The predicted octanol–water partition coefficient (Wildman–Crippen LogP) is 2.44. The van der Waals surface area contributed by atoms with Gasteiger partial charge in [-0.05, 0) is 37.3 Å². The van der Waals surface area contributed by atoms with Crippen molar-refractivity contribution in [1.29, 1.82) is 0 Å². The van der Waals surface area contributed by atoms with Gasteiger partial charge >= 0.3 is 0 Å². The van der Waals surface area contributed by atoms with Crippen LogP contribution in [0.25, 0.3) is 5.57 Å². The molecule has 1 saturated heterocycles. The molecule has 0 saturated carbocycles. The number of hydrogen-bond acceptors (Lipinski definition) is 5. The molecule has 2 aliphatic heterocycles. The fourth-order valence-electron chi connectivity index (χ4n) is 2.61. The van der Waals surface area contributed by atoms with Gasteiger partial charge in [0.25, 0.3) is 11.8 Å². The summed E-state index contributed by atoms with van der Waals surface area (Å²) >= 11 is 9.57. The van der Waals surface area contributed by atoms with E-state index < -0.39 is 11.8 Å². The number of rotatable bonds is 2. The van der Waals surface area contributed by atoms with Crippen LogP contribution in [-0.2, 0) is 14.4 Å². The highest BCUT2D eigenvalue weighted by atomic mass is 79.9. The van der Waals surface area contributed by atoms with E-state index in [1.54, 1.807) is 4.90 Å². The van der Waals surface area contributed by atoms with E-state index in [1.165, 1.54) is 6.92 Å². The van der Waals surface area contributed by atoms with Crippen LogP contribution in [-0.4, -0.2) is 33.6 Å². The van der Waals surface area contributed by atoms with Crippen molar-refractivity contribution >= 4 is 73.2 Å². The number of hydrazine groups is 1. The second kappa shape index (κ2) is 6.30. The predicted molar refractivity (Wildman–Crippen MR) is 99.9 cm³/mol. The largest absolute Gasteiger partial charge is 0.308 e. The molecule has 2 aliphatic rings. The van der Waals surface area contributed by atoms with Crippen LogP contribution in [0.5, 0.6) is 0 Å². The number of carbonyl (C=O) groups is 3. The van der Waals surface area contributed by atoms with Gasteiger partial charge in [0, 0.05) is 23.5 Å². The van der Waals surface area contributed by atoms with Crippen LogP contribution in [0.4, 0.5) is 5.69 Å². The van der Waals surface area contributed by atoms with Gasteiger partial charge in [0.2, 0.25) is 5.91 Å². The van der Waals surface area contributed by atoms with Gasteiger partial charge in [-0.3, -0.25) is 19.8 Å². The standard InChI is InChI=1S/C15H12BrN3O3S2/c1-3-18-10-5-4-8(16)6-9(10)11(13(18)21)12-14(22)19(15(23)24-12)17-7(2)20/h4-6H,3H2,1-2H3,(H,17,20)/b12-11-. The summed E-state index contributed by atoms with van der Waals surface area (Å²) < 4.78 is 0.999. The van der Waals surface area contributed by atoms with E-state index in [-0.39, 0.29) is 15.1 Å². The van der Waals surface area contributed by atoms with Crippen LogP contribution in [0, 0.1) is 0 Å². The fourth-order valence-corrected chi connectivity index (χ4v) is 4.22. The minimum absolute atomic E-state index is 0.192. The number of nitrogens with one attached hydrogen (secondary N) is 1. The zero-order valence-electron chi connectivity index (χ0n) is 12.8. The minimum Gasteiger partial charge on any atom is -0.308 e.